The summed E-state index contributed by atoms with van der Waals surface area (Å²) in [6.07, 6.45) is 3.03. The summed E-state index contributed by atoms with van der Waals surface area (Å²) < 4.78 is 0. The first-order valence-electron chi connectivity index (χ1n) is 6.12. The Morgan fingerprint density at radius 3 is 2.71 bits per heavy atom. The van der Waals surface area contributed by atoms with Gasteiger partial charge < -0.3 is 4.90 Å². The highest BCUT2D eigenvalue weighted by atomic mass is 35.5. The van der Waals surface area contributed by atoms with Crippen molar-refractivity contribution in [3.8, 4) is 0 Å². The van der Waals surface area contributed by atoms with Crippen LogP contribution in [0.4, 0.5) is 5.82 Å². The zero-order chi connectivity index (χ0) is 12.6. The van der Waals surface area contributed by atoms with Crippen molar-refractivity contribution < 1.29 is 0 Å². The minimum atomic E-state index is 0.338. The third-order valence-corrected chi connectivity index (χ3v) is 3.81. The number of aryl methyl sites for hydroxylation is 1. The van der Waals surface area contributed by atoms with Crippen LogP contribution < -0.4 is 4.90 Å². The molecule has 1 aliphatic heterocycles. The van der Waals surface area contributed by atoms with Crippen molar-refractivity contribution in [3.05, 3.63) is 17.0 Å². The van der Waals surface area contributed by atoms with Gasteiger partial charge >= 0.3 is 0 Å². The van der Waals surface area contributed by atoms with Gasteiger partial charge in [0.2, 0.25) is 5.28 Å². The minimum Gasteiger partial charge on any atom is -0.356 e. The number of nitrogens with zero attached hydrogens (tertiary/aromatic N) is 3. The third-order valence-electron chi connectivity index (χ3n) is 3.63. The van der Waals surface area contributed by atoms with Crippen molar-refractivity contribution in [3.63, 3.8) is 0 Å². The van der Waals surface area contributed by atoms with Crippen LogP contribution in [0.15, 0.2) is 6.20 Å². The lowest BCUT2D eigenvalue weighted by Crippen LogP contribution is -2.26. The second-order valence-electron chi connectivity index (χ2n) is 5.94. The van der Waals surface area contributed by atoms with E-state index in [0.717, 1.165) is 30.4 Å². The lowest BCUT2D eigenvalue weighted by Gasteiger charge is -2.27. The van der Waals surface area contributed by atoms with Gasteiger partial charge in [0.25, 0.3) is 0 Å². The van der Waals surface area contributed by atoms with Gasteiger partial charge in [0.1, 0.15) is 5.82 Å². The largest absolute Gasteiger partial charge is 0.356 e. The van der Waals surface area contributed by atoms with E-state index in [2.05, 4.69) is 35.6 Å². The first-order valence-corrected chi connectivity index (χ1v) is 6.50. The van der Waals surface area contributed by atoms with Crippen LogP contribution in [0.5, 0.6) is 0 Å². The van der Waals surface area contributed by atoms with Crippen LogP contribution in [-0.2, 0) is 0 Å². The first kappa shape index (κ1) is 12.6. The van der Waals surface area contributed by atoms with Gasteiger partial charge in [-0.1, -0.05) is 20.8 Å². The van der Waals surface area contributed by atoms with Crippen LogP contribution in [0.3, 0.4) is 0 Å². The van der Waals surface area contributed by atoms with E-state index in [1.54, 1.807) is 6.20 Å². The van der Waals surface area contributed by atoms with Crippen molar-refractivity contribution in [2.75, 3.05) is 18.0 Å². The van der Waals surface area contributed by atoms with E-state index >= 15 is 0 Å². The number of rotatable bonds is 1. The maximum atomic E-state index is 5.87. The highest BCUT2D eigenvalue weighted by molar-refractivity contribution is 6.28. The molecular formula is C13H20ClN3. The minimum absolute atomic E-state index is 0.338. The van der Waals surface area contributed by atoms with Crippen LogP contribution in [0, 0.1) is 18.3 Å². The number of anilines is 1. The molecule has 0 aliphatic carbocycles. The summed E-state index contributed by atoms with van der Waals surface area (Å²) in [6.45, 7) is 11.1. The van der Waals surface area contributed by atoms with Gasteiger partial charge in [0, 0.05) is 24.8 Å². The highest BCUT2D eigenvalue weighted by Gasteiger charge is 2.32. The Bertz CT molecular complexity index is 412. The Morgan fingerprint density at radius 1 is 1.41 bits per heavy atom. The SMILES string of the molecule is Cc1cnc(Cl)nc1N1CCC(C(C)(C)C)C1. The summed E-state index contributed by atoms with van der Waals surface area (Å²) in [5.74, 6) is 1.72. The summed E-state index contributed by atoms with van der Waals surface area (Å²) in [5, 5.41) is 0.338. The molecule has 1 saturated heterocycles. The topological polar surface area (TPSA) is 29.0 Å². The maximum Gasteiger partial charge on any atom is 0.224 e. The van der Waals surface area contributed by atoms with Crippen molar-refractivity contribution in [1.82, 2.24) is 9.97 Å². The molecule has 1 unspecified atom stereocenters. The van der Waals surface area contributed by atoms with Gasteiger partial charge in [0.15, 0.2) is 0 Å². The Balaban J connectivity index is 2.18. The number of halogens is 1. The smallest absolute Gasteiger partial charge is 0.224 e. The fourth-order valence-electron chi connectivity index (χ4n) is 2.39. The monoisotopic (exact) mass is 253 g/mol. The molecular weight excluding hydrogens is 234 g/mol. The normalized spacial score (nSPS) is 21.0. The van der Waals surface area contributed by atoms with Crippen molar-refractivity contribution >= 4 is 17.4 Å². The van der Waals surface area contributed by atoms with Crippen LogP contribution in [0.2, 0.25) is 5.28 Å². The zero-order valence-electron chi connectivity index (χ0n) is 11.0. The molecule has 0 radical (unpaired) electrons. The molecule has 0 amide bonds. The Morgan fingerprint density at radius 2 is 2.12 bits per heavy atom. The van der Waals surface area contributed by atoms with E-state index in [0.29, 0.717) is 10.7 Å². The molecule has 0 N–H and O–H groups in total. The Kier molecular flexibility index (Phi) is 3.30. The second-order valence-corrected chi connectivity index (χ2v) is 6.28. The van der Waals surface area contributed by atoms with Gasteiger partial charge in [-0.15, -0.1) is 0 Å². The molecule has 1 aromatic heterocycles. The van der Waals surface area contributed by atoms with Gasteiger partial charge in [0.05, 0.1) is 0 Å². The van der Waals surface area contributed by atoms with Crippen LogP contribution in [-0.4, -0.2) is 23.1 Å². The molecule has 0 bridgehead atoms. The van der Waals surface area contributed by atoms with Crippen LogP contribution in [0.25, 0.3) is 0 Å². The zero-order valence-corrected chi connectivity index (χ0v) is 11.8. The number of hydrogen-bond acceptors (Lipinski definition) is 3. The third kappa shape index (κ3) is 2.71. The molecule has 2 heterocycles. The fourth-order valence-corrected chi connectivity index (χ4v) is 2.52. The summed E-state index contributed by atoms with van der Waals surface area (Å²) >= 11 is 5.87. The van der Waals surface area contributed by atoms with E-state index in [4.69, 9.17) is 11.6 Å². The van der Waals surface area contributed by atoms with E-state index in [9.17, 15) is 0 Å². The van der Waals surface area contributed by atoms with Crippen LogP contribution in [0.1, 0.15) is 32.8 Å². The van der Waals surface area contributed by atoms with Gasteiger partial charge in [-0.2, -0.15) is 0 Å². The van der Waals surface area contributed by atoms with Crippen LogP contribution >= 0.6 is 11.6 Å². The van der Waals surface area contributed by atoms with E-state index in [1.165, 1.54) is 6.42 Å². The molecule has 94 valence electrons. The predicted molar refractivity (Wildman–Crippen MR) is 71.6 cm³/mol. The Labute approximate surface area is 108 Å². The Hall–Kier alpha value is -0.830. The average molecular weight is 254 g/mol. The molecule has 0 spiro atoms. The molecule has 0 aromatic carbocycles. The van der Waals surface area contributed by atoms with Gasteiger partial charge in [-0.3, -0.25) is 0 Å². The van der Waals surface area contributed by atoms with Crippen molar-refractivity contribution in [2.45, 2.75) is 34.1 Å². The van der Waals surface area contributed by atoms with E-state index < -0.39 is 0 Å². The molecule has 17 heavy (non-hydrogen) atoms. The highest BCUT2D eigenvalue weighted by Crippen LogP contribution is 2.35. The summed E-state index contributed by atoms with van der Waals surface area (Å²) in [6, 6.07) is 0. The fraction of sp³-hybridized carbons (Fsp3) is 0.692. The van der Waals surface area contributed by atoms with E-state index in [1.807, 2.05) is 6.92 Å². The molecule has 4 heteroatoms. The summed E-state index contributed by atoms with van der Waals surface area (Å²) in [7, 11) is 0. The summed E-state index contributed by atoms with van der Waals surface area (Å²) in [4.78, 5) is 10.7. The molecule has 0 saturated carbocycles. The average Bonchev–Trinajstić information content (AvgIpc) is 2.70. The number of hydrogen-bond donors (Lipinski definition) is 0. The van der Waals surface area contributed by atoms with Gasteiger partial charge in [-0.05, 0) is 36.3 Å². The van der Waals surface area contributed by atoms with Crippen molar-refractivity contribution in [1.29, 1.82) is 0 Å². The predicted octanol–water partition coefficient (Wildman–Crippen LogP) is 3.31. The molecule has 3 nitrogen and oxygen atoms in total. The quantitative estimate of drug-likeness (QED) is 0.719. The molecule has 1 fully saturated rings. The molecule has 2 rings (SSSR count). The second kappa shape index (κ2) is 4.45. The maximum absolute atomic E-state index is 5.87. The number of aromatic nitrogens is 2. The van der Waals surface area contributed by atoms with Gasteiger partial charge in [-0.25, -0.2) is 9.97 Å². The lowest BCUT2D eigenvalue weighted by atomic mass is 9.80. The van der Waals surface area contributed by atoms with Crippen molar-refractivity contribution in [2.24, 2.45) is 11.3 Å². The standard InChI is InChI=1S/C13H20ClN3/c1-9-7-15-12(14)16-11(9)17-6-5-10(8-17)13(2,3)4/h7,10H,5-6,8H2,1-4H3. The van der Waals surface area contributed by atoms with E-state index in [-0.39, 0.29) is 0 Å². The molecule has 1 atom stereocenters. The first-order chi connectivity index (χ1) is 7.88. The molecule has 1 aromatic rings. The molecule has 1 aliphatic rings. The lowest BCUT2D eigenvalue weighted by molar-refractivity contribution is 0.263. The summed E-state index contributed by atoms with van der Waals surface area (Å²) in [5.41, 5.74) is 1.46.